The average molecular weight is 401 g/mol. The van der Waals surface area contributed by atoms with Gasteiger partial charge in [-0.25, -0.2) is 13.1 Å². The number of benzene rings is 1. The number of nitrogens with zero attached hydrogens (tertiary/aromatic N) is 2. The summed E-state index contributed by atoms with van der Waals surface area (Å²) < 4.78 is 27.7. The van der Waals surface area contributed by atoms with Crippen molar-refractivity contribution in [2.45, 2.75) is 24.7 Å². The second-order valence-corrected chi connectivity index (χ2v) is 8.68. The van der Waals surface area contributed by atoms with Crippen LogP contribution in [0.15, 0.2) is 53.7 Å². The molecule has 148 valence electrons. The van der Waals surface area contributed by atoms with Gasteiger partial charge in [0, 0.05) is 37.6 Å². The van der Waals surface area contributed by atoms with E-state index in [2.05, 4.69) is 9.71 Å². The van der Waals surface area contributed by atoms with Crippen LogP contribution in [0.1, 0.15) is 40.5 Å². The maximum Gasteiger partial charge on any atom is 0.255 e. The van der Waals surface area contributed by atoms with Gasteiger partial charge in [-0.05, 0) is 49.9 Å². The minimum atomic E-state index is -3.68. The van der Waals surface area contributed by atoms with Gasteiger partial charge in [-0.15, -0.1) is 0 Å². The van der Waals surface area contributed by atoms with Crippen LogP contribution in [-0.4, -0.2) is 49.6 Å². The Labute approximate surface area is 164 Å². The molecule has 1 aromatic carbocycles. The number of amides is 1. The number of piperidine rings is 1. The zero-order valence-corrected chi connectivity index (χ0v) is 16.5. The molecule has 1 amide bonds. The van der Waals surface area contributed by atoms with Crippen molar-refractivity contribution in [1.29, 1.82) is 0 Å². The highest BCUT2D eigenvalue weighted by Crippen LogP contribution is 2.19. The minimum absolute atomic E-state index is 0.0480. The molecule has 28 heavy (non-hydrogen) atoms. The van der Waals surface area contributed by atoms with E-state index in [0.29, 0.717) is 30.8 Å². The van der Waals surface area contributed by atoms with Crippen molar-refractivity contribution in [3.05, 3.63) is 59.9 Å². The van der Waals surface area contributed by atoms with E-state index in [1.807, 2.05) is 0 Å². The van der Waals surface area contributed by atoms with E-state index in [9.17, 15) is 18.0 Å². The molecule has 0 atom stereocenters. The standard InChI is InChI=1S/C20H23N3O4S/c1-15(24)17-4-2-6-19(12-17)28(26,27)22-13-16-7-10-23(11-8-16)20(25)18-5-3-9-21-14-18/h2-6,9,12,14,16,22H,7-8,10-11,13H2,1H3. The number of carbonyl (C=O) groups is 2. The summed E-state index contributed by atoms with van der Waals surface area (Å²) in [5, 5.41) is 0. The SMILES string of the molecule is CC(=O)c1cccc(S(=O)(=O)NCC2CCN(C(=O)c3cccnc3)CC2)c1. The fraction of sp³-hybridized carbons (Fsp3) is 0.350. The third kappa shape index (κ3) is 4.82. The number of carbonyl (C=O) groups excluding carboxylic acids is 2. The first-order valence-corrected chi connectivity index (χ1v) is 10.6. The summed E-state index contributed by atoms with van der Waals surface area (Å²) in [6.45, 7) is 2.88. The number of pyridine rings is 1. The van der Waals surface area contributed by atoms with E-state index < -0.39 is 10.0 Å². The van der Waals surface area contributed by atoms with E-state index >= 15 is 0 Å². The van der Waals surface area contributed by atoms with Crippen LogP contribution in [0.5, 0.6) is 0 Å². The molecule has 8 heteroatoms. The first-order chi connectivity index (χ1) is 13.4. The highest BCUT2D eigenvalue weighted by atomic mass is 32.2. The number of likely N-dealkylation sites (tertiary alicyclic amines) is 1. The van der Waals surface area contributed by atoms with Gasteiger partial charge in [0.15, 0.2) is 5.78 Å². The van der Waals surface area contributed by atoms with Crippen molar-refractivity contribution in [2.75, 3.05) is 19.6 Å². The monoisotopic (exact) mass is 401 g/mol. The molecule has 0 aliphatic carbocycles. The largest absolute Gasteiger partial charge is 0.339 e. The van der Waals surface area contributed by atoms with E-state index in [1.54, 1.807) is 41.6 Å². The molecule has 0 unspecified atom stereocenters. The van der Waals surface area contributed by atoms with Crippen LogP contribution in [0.4, 0.5) is 0 Å². The Kier molecular flexibility index (Phi) is 6.21. The quantitative estimate of drug-likeness (QED) is 0.748. The summed E-state index contributed by atoms with van der Waals surface area (Å²) in [4.78, 5) is 29.7. The van der Waals surface area contributed by atoms with Crippen molar-refractivity contribution in [3.63, 3.8) is 0 Å². The Morgan fingerprint density at radius 2 is 1.86 bits per heavy atom. The normalized spacial score (nSPS) is 15.4. The Bertz CT molecular complexity index is 952. The van der Waals surface area contributed by atoms with Crippen molar-refractivity contribution in [3.8, 4) is 0 Å². The molecule has 1 fully saturated rings. The molecule has 0 bridgehead atoms. The van der Waals surface area contributed by atoms with E-state index in [-0.39, 0.29) is 22.5 Å². The van der Waals surface area contributed by atoms with Crippen molar-refractivity contribution >= 4 is 21.7 Å². The van der Waals surface area contributed by atoms with Gasteiger partial charge in [-0.3, -0.25) is 14.6 Å². The van der Waals surface area contributed by atoms with Gasteiger partial charge < -0.3 is 4.90 Å². The number of aromatic nitrogens is 1. The number of hydrogen-bond donors (Lipinski definition) is 1. The Hall–Kier alpha value is -2.58. The molecular weight excluding hydrogens is 378 g/mol. The van der Waals surface area contributed by atoms with Crippen molar-refractivity contribution < 1.29 is 18.0 Å². The highest BCUT2D eigenvalue weighted by Gasteiger charge is 2.25. The lowest BCUT2D eigenvalue weighted by Crippen LogP contribution is -2.41. The van der Waals surface area contributed by atoms with Crippen LogP contribution in [0.3, 0.4) is 0 Å². The Morgan fingerprint density at radius 3 is 2.50 bits per heavy atom. The van der Waals surface area contributed by atoms with Crippen LogP contribution < -0.4 is 4.72 Å². The second kappa shape index (κ2) is 8.62. The van der Waals surface area contributed by atoms with E-state index in [1.165, 1.54) is 19.1 Å². The summed E-state index contributed by atoms with van der Waals surface area (Å²) in [6, 6.07) is 9.49. The summed E-state index contributed by atoms with van der Waals surface area (Å²) in [5.41, 5.74) is 0.928. The molecule has 1 N–H and O–H groups in total. The molecule has 1 aliphatic heterocycles. The molecule has 2 aromatic rings. The van der Waals surface area contributed by atoms with Crippen LogP contribution in [0.2, 0.25) is 0 Å². The lowest BCUT2D eigenvalue weighted by molar-refractivity contribution is 0.0691. The lowest BCUT2D eigenvalue weighted by atomic mass is 9.97. The second-order valence-electron chi connectivity index (χ2n) is 6.91. The zero-order valence-electron chi connectivity index (χ0n) is 15.7. The average Bonchev–Trinajstić information content (AvgIpc) is 2.73. The smallest absolute Gasteiger partial charge is 0.255 e. The lowest BCUT2D eigenvalue weighted by Gasteiger charge is -2.32. The predicted octanol–water partition coefficient (Wildman–Crippen LogP) is 2.11. The third-order valence-corrected chi connectivity index (χ3v) is 6.34. The minimum Gasteiger partial charge on any atom is -0.339 e. The fourth-order valence-electron chi connectivity index (χ4n) is 3.21. The Morgan fingerprint density at radius 1 is 1.14 bits per heavy atom. The molecule has 1 saturated heterocycles. The Balaban J connectivity index is 1.54. The van der Waals surface area contributed by atoms with Crippen LogP contribution in [0.25, 0.3) is 0 Å². The first kappa shape index (κ1) is 20.2. The number of ketones is 1. The van der Waals surface area contributed by atoms with Gasteiger partial charge in [0.2, 0.25) is 10.0 Å². The predicted molar refractivity (Wildman–Crippen MR) is 104 cm³/mol. The highest BCUT2D eigenvalue weighted by molar-refractivity contribution is 7.89. The van der Waals surface area contributed by atoms with Gasteiger partial charge in [0.25, 0.3) is 5.91 Å². The van der Waals surface area contributed by atoms with Crippen molar-refractivity contribution in [1.82, 2.24) is 14.6 Å². The molecule has 2 heterocycles. The molecule has 0 spiro atoms. The van der Waals surface area contributed by atoms with Crippen LogP contribution in [0, 0.1) is 5.92 Å². The number of nitrogens with one attached hydrogen (secondary N) is 1. The molecule has 1 aromatic heterocycles. The van der Waals surface area contributed by atoms with Gasteiger partial charge in [-0.1, -0.05) is 12.1 Å². The zero-order chi connectivity index (χ0) is 20.1. The molecule has 1 aliphatic rings. The molecule has 0 radical (unpaired) electrons. The summed E-state index contributed by atoms with van der Waals surface area (Å²) in [6.07, 6.45) is 4.63. The summed E-state index contributed by atoms with van der Waals surface area (Å²) in [5.74, 6) is -0.0698. The van der Waals surface area contributed by atoms with Crippen molar-refractivity contribution in [2.24, 2.45) is 5.92 Å². The maximum atomic E-state index is 12.5. The molecule has 0 saturated carbocycles. The summed E-state index contributed by atoms with van der Waals surface area (Å²) in [7, 11) is -3.68. The van der Waals surface area contributed by atoms with Gasteiger partial charge >= 0.3 is 0 Å². The number of rotatable bonds is 6. The number of hydrogen-bond acceptors (Lipinski definition) is 5. The van der Waals surface area contributed by atoms with Crippen LogP contribution in [-0.2, 0) is 10.0 Å². The topological polar surface area (TPSA) is 96.4 Å². The van der Waals surface area contributed by atoms with Crippen LogP contribution >= 0.6 is 0 Å². The van der Waals surface area contributed by atoms with E-state index in [4.69, 9.17) is 0 Å². The fourth-order valence-corrected chi connectivity index (χ4v) is 4.37. The maximum absolute atomic E-state index is 12.5. The van der Waals surface area contributed by atoms with E-state index in [0.717, 1.165) is 12.8 Å². The van der Waals surface area contributed by atoms with Gasteiger partial charge in [-0.2, -0.15) is 0 Å². The van der Waals surface area contributed by atoms with Gasteiger partial charge in [0.1, 0.15) is 0 Å². The van der Waals surface area contributed by atoms with Gasteiger partial charge in [0.05, 0.1) is 10.5 Å². The summed E-state index contributed by atoms with van der Waals surface area (Å²) >= 11 is 0. The first-order valence-electron chi connectivity index (χ1n) is 9.17. The molecule has 3 rings (SSSR count). The molecule has 7 nitrogen and oxygen atoms in total. The number of sulfonamides is 1. The third-order valence-electron chi connectivity index (χ3n) is 4.92. The molecular formula is C20H23N3O4S. The number of Topliss-reactive ketones (excluding diaryl/α,β-unsaturated/α-hetero) is 1.